The molecule has 1 aliphatic heterocycles. The van der Waals surface area contributed by atoms with Crippen LogP contribution in [0.25, 0.3) is 10.8 Å². The Hall–Kier alpha value is -1.78. The Bertz CT molecular complexity index is 654. The monoisotopic (exact) mass is 320 g/mol. The lowest BCUT2D eigenvalue weighted by Gasteiger charge is -2.10. The van der Waals surface area contributed by atoms with Gasteiger partial charge in [-0.1, -0.05) is 18.2 Å². The summed E-state index contributed by atoms with van der Waals surface area (Å²) in [5.41, 5.74) is 1.12. The van der Waals surface area contributed by atoms with Crippen molar-refractivity contribution in [3.8, 4) is 5.75 Å². The maximum atomic E-state index is 12.0. The van der Waals surface area contributed by atoms with Crippen molar-refractivity contribution >= 4 is 29.1 Å². The summed E-state index contributed by atoms with van der Waals surface area (Å²) >= 11 is 0. The molecule has 0 saturated carbocycles. The molecule has 0 spiro atoms. The SMILES string of the molecule is COc1ccc2cc(CNC(=O)C3CCNC3)ccc2c1.Cl. The molecule has 22 heavy (non-hydrogen) atoms. The van der Waals surface area contributed by atoms with Crippen LogP contribution in [-0.2, 0) is 11.3 Å². The second-order valence-electron chi connectivity index (χ2n) is 5.45. The Morgan fingerprint density at radius 2 is 2.05 bits per heavy atom. The fourth-order valence-electron chi connectivity index (χ4n) is 2.72. The minimum atomic E-state index is 0. The van der Waals surface area contributed by atoms with E-state index in [0.29, 0.717) is 6.54 Å². The number of hydrogen-bond acceptors (Lipinski definition) is 3. The first-order valence-corrected chi connectivity index (χ1v) is 7.31. The molecule has 2 aromatic carbocycles. The molecular formula is C17H21ClN2O2. The summed E-state index contributed by atoms with van der Waals surface area (Å²) in [6.45, 7) is 2.32. The van der Waals surface area contributed by atoms with Crippen LogP contribution in [0.3, 0.4) is 0 Å². The van der Waals surface area contributed by atoms with E-state index in [0.717, 1.165) is 41.6 Å². The van der Waals surface area contributed by atoms with Gasteiger partial charge in [0.15, 0.2) is 0 Å². The van der Waals surface area contributed by atoms with E-state index >= 15 is 0 Å². The Kier molecular flexibility index (Phi) is 5.63. The van der Waals surface area contributed by atoms with Crippen molar-refractivity contribution in [2.45, 2.75) is 13.0 Å². The fourth-order valence-corrected chi connectivity index (χ4v) is 2.72. The highest BCUT2D eigenvalue weighted by Gasteiger charge is 2.21. The van der Waals surface area contributed by atoms with Gasteiger partial charge in [0.05, 0.1) is 13.0 Å². The predicted octanol–water partition coefficient (Wildman–Crippen LogP) is 2.50. The van der Waals surface area contributed by atoms with Gasteiger partial charge in [-0.2, -0.15) is 0 Å². The first kappa shape index (κ1) is 16.6. The second kappa shape index (κ2) is 7.47. The number of hydrogen-bond donors (Lipinski definition) is 2. The molecule has 2 N–H and O–H groups in total. The minimum Gasteiger partial charge on any atom is -0.497 e. The third-order valence-electron chi connectivity index (χ3n) is 4.01. The van der Waals surface area contributed by atoms with Gasteiger partial charge in [-0.05, 0) is 47.5 Å². The van der Waals surface area contributed by atoms with Crippen LogP contribution in [0.5, 0.6) is 5.75 Å². The summed E-state index contributed by atoms with van der Waals surface area (Å²) in [7, 11) is 1.67. The van der Waals surface area contributed by atoms with E-state index in [9.17, 15) is 4.79 Å². The van der Waals surface area contributed by atoms with Crippen LogP contribution in [-0.4, -0.2) is 26.1 Å². The first-order valence-electron chi connectivity index (χ1n) is 7.31. The van der Waals surface area contributed by atoms with Gasteiger partial charge in [0.25, 0.3) is 0 Å². The number of rotatable bonds is 4. The molecule has 2 aromatic rings. The highest BCUT2D eigenvalue weighted by molar-refractivity contribution is 5.85. The van der Waals surface area contributed by atoms with E-state index in [2.05, 4.69) is 28.8 Å². The Morgan fingerprint density at radius 1 is 1.27 bits per heavy atom. The standard InChI is InChI=1S/C17H20N2O2.ClH/c1-21-16-5-4-13-8-12(2-3-14(13)9-16)10-19-17(20)15-6-7-18-11-15;/h2-5,8-9,15,18H,6-7,10-11H2,1H3,(H,19,20);1H. The Labute approximate surface area is 136 Å². The van der Waals surface area contributed by atoms with Crippen LogP contribution < -0.4 is 15.4 Å². The largest absolute Gasteiger partial charge is 0.497 e. The van der Waals surface area contributed by atoms with Crippen molar-refractivity contribution in [3.63, 3.8) is 0 Å². The number of amides is 1. The molecule has 0 radical (unpaired) electrons. The van der Waals surface area contributed by atoms with Crippen LogP contribution in [0.4, 0.5) is 0 Å². The van der Waals surface area contributed by atoms with Crippen molar-refractivity contribution in [2.75, 3.05) is 20.2 Å². The van der Waals surface area contributed by atoms with Crippen LogP contribution >= 0.6 is 12.4 Å². The zero-order chi connectivity index (χ0) is 14.7. The number of ether oxygens (including phenoxy) is 1. The topological polar surface area (TPSA) is 50.4 Å². The lowest BCUT2D eigenvalue weighted by Crippen LogP contribution is -2.31. The summed E-state index contributed by atoms with van der Waals surface area (Å²) in [5.74, 6) is 1.13. The number of methoxy groups -OCH3 is 1. The van der Waals surface area contributed by atoms with Crippen LogP contribution in [0, 0.1) is 5.92 Å². The molecule has 0 bridgehead atoms. The van der Waals surface area contributed by atoms with Gasteiger partial charge in [0, 0.05) is 13.1 Å². The van der Waals surface area contributed by atoms with Gasteiger partial charge < -0.3 is 15.4 Å². The highest BCUT2D eigenvalue weighted by Crippen LogP contribution is 2.21. The summed E-state index contributed by atoms with van der Waals surface area (Å²) in [4.78, 5) is 12.0. The third kappa shape index (κ3) is 3.70. The van der Waals surface area contributed by atoms with Gasteiger partial charge in [-0.15, -0.1) is 12.4 Å². The van der Waals surface area contributed by atoms with Gasteiger partial charge in [-0.25, -0.2) is 0 Å². The van der Waals surface area contributed by atoms with E-state index in [1.165, 1.54) is 0 Å². The number of fused-ring (bicyclic) bond motifs is 1. The average molecular weight is 321 g/mol. The molecular weight excluding hydrogens is 300 g/mol. The van der Waals surface area contributed by atoms with Crippen molar-refractivity contribution in [1.29, 1.82) is 0 Å². The van der Waals surface area contributed by atoms with Crippen molar-refractivity contribution in [3.05, 3.63) is 42.0 Å². The molecule has 1 aliphatic rings. The van der Waals surface area contributed by atoms with E-state index in [1.807, 2.05) is 18.2 Å². The van der Waals surface area contributed by atoms with Crippen molar-refractivity contribution < 1.29 is 9.53 Å². The maximum Gasteiger partial charge on any atom is 0.224 e. The van der Waals surface area contributed by atoms with E-state index in [-0.39, 0.29) is 24.2 Å². The first-order chi connectivity index (χ1) is 10.3. The maximum absolute atomic E-state index is 12.0. The van der Waals surface area contributed by atoms with Crippen molar-refractivity contribution in [1.82, 2.24) is 10.6 Å². The van der Waals surface area contributed by atoms with Gasteiger partial charge in [-0.3, -0.25) is 4.79 Å². The second-order valence-corrected chi connectivity index (χ2v) is 5.45. The van der Waals surface area contributed by atoms with Crippen LogP contribution in [0.15, 0.2) is 36.4 Å². The average Bonchev–Trinajstić information content (AvgIpc) is 3.06. The van der Waals surface area contributed by atoms with E-state index in [4.69, 9.17) is 4.74 Å². The Morgan fingerprint density at radius 3 is 2.77 bits per heavy atom. The summed E-state index contributed by atoms with van der Waals surface area (Å²) < 4.78 is 5.23. The molecule has 4 nitrogen and oxygen atoms in total. The molecule has 118 valence electrons. The molecule has 0 aromatic heterocycles. The number of carbonyl (C=O) groups excluding carboxylic acids is 1. The zero-order valence-electron chi connectivity index (χ0n) is 12.6. The molecule has 1 amide bonds. The van der Waals surface area contributed by atoms with Crippen molar-refractivity contribution in [2.24, 2.45) is 5.92 Å². The van der Waals surface area contributed by atoms with E-state index < -0.39 is 0 Å². The van der Waals surface area contributed by atoms with Gasteiger partial charge in [0.2, 0.25) is 5.91 Å². The molecule has 1 heterocycles. The van der Waals surface area contributed by atoms with Crippen LogP contribution in [0.2, 0.25) is 0 Å². The van der Waals surface area contributed by atoms with Crippen LogP contribution in [0.1, 0.15) is 12.0 Å². The molecule has 5 heteroatoms. The lowest BCUT2D eigenvalue weighted by atomic mass is 10.1. The summed E-state index contributed by atoms with van der Waals surface area (Å²) in [5, 5.41) is 8.54. The van der Waals surface area contributed by atoms with Gasteiger partial charge in [0.1, 0.15) is 5.75 Å². The summed E-state index contributed by atoms with van der Waals surface area (Å²) in [6, 6.07) is 12.2. The zero-order valence-corrected chi connectivity index (χ0v) is 13.4. The smallest absolute Gasteiger partial charge is 0.224 e. The molecule has 0 aliphatic carbocycles. The third-order valence-corrected chi connectivity index (χ3v) is 4.01. The predicted molar refractivity (Wildman–Crippen MR) is 90.6 cm³/mol. The molecule has 1 unspecified atom stereocenters. The lowest BCUT2D eigenvalue weighted by molar-refractivity contribution is -0.124. The number of carbonyl (C=O) groups is 1. The highest BCUT2D eigenvalue weighted by atomic mass is 35.5. The molecule has 1 fully saturated rings. The molecule has 1 saturated heterocycles. The quantitative estimate of drug-likeness (QED) is 0.910. The normalized spacial score (nSPS) is 17.0. The summed E-state index contributed by atoms with van der Waals surface area (Å²) in [6.07, 6.45) is 0.934. The molecule has 3 rings (SSSR count). The van der Waals surface area contributed by atoms with E-state index in [1.54, 1.807) is 7.11 Å². The Balaban J connectivity index is 0.00000176. The fraction of sp³-hybridized carbons (Fsp3) is 0.353. The number of halogens is 1. The van der Waals surface area contributed by atoms with Gasteiger partial charge >= 0.3 is 0 Å². The number of benzene rings is 2. The number of nitrogens with one attached hydrogen (secondary N) is 2. The molecule has 1 atom stereocenters. The minimum absolute atomic E-state index is 0.